The molecule has 0 aliphatic carbocycles. The second kappa shape index (κ2) is 7.55. The fraction of sp³-hybridized carbons (Fsp3) is 0.526. The number of hydrogen-bond donors (Lipinski definition) is 2. The lowest BCUT2D eigenvalue weighted by atomic mass is 9.87. The number of nitrogens with zero attached hydrogens (tertiary/aromatic N) is 3. The summed E-state index contributed by atoms with van der Waals surface area (Å²) in [4.78, 5) is 22.8. The Kier molecular flexibility index (Phi) is 5.38. The molecule has 2 aliphatic rings. The number of carbonyl (C=O) groups excluding carboxylic acids is 1. The second-order valence-electron chi connectivity index (χ2n) is 7.66. The van der Waals surface area contributed by atoms with Crippen LogP contribution in [0.25, 0.3) is 5.57 Å². The Morgan fingerprint density at radius 2 is 1.92 bits per heavy atom. The predicted molar refractivity (Wildman–Crippen MR) is 99.7 cm³/mol. The third-order valence-electron chi connectivity index (χ3n) is 4.47. The Bertz CT molecular complexity index is 702. The van der Waals surface area contributed by atoms with Crippen molar-refractivity contribution in [2.75, 3.05) is 13.1 Å². The lowest BCUT2D eigenvalue weighted by Crippen LogP contribution is -2.47. The Balaban J connectivity index is 1.95. The molecule has 1 atom stereocenters. The van der Waals surface area contributed by atoms with Crippen LogP contribution in [0.1, 0.15) is 39.4 Å². The molecule has 2 aliphatic heterocycles. The molecule has 1 fully saturated rings. The average molecular weight is 357 g/mol. The number of aromatic nitrogens is 2. The van der Waals surface area contributed by atoms with Gasteiger partial charge in [-0.2, -0.15) is 0 Å². The van der Waals surface area contributed by atoms with E-state index in [2.05, 4.69) is 15.3 Å². The standard InChI is InChI=1S/C19H27N5O2/c1-19(2,3)26-18(25)24-12-14(13-5-9-21-10-6-13)11-15(16(24)20)17-22-7-4-8-23-17/h4,7-8,11-13,16,21H,5-6,9-10,20H2,1-3H3. The van der Waals surface area contributed by atoms with Crippen LogP contribution in [0.15, 0.2) is 36.3 Å². The fourth-order valence-electron chi connectivity index (χ4n) is 3.20. The van der Waals surface area contributed by atoms with Crippen molar-refractivity contribution in [1.82, 2.24) is 20.2 Å². The highest BCUT2D eigenvalue weighted by Crippen LogP contribution is 2.32. The molecule has 3 heterocycles. The summed E-state index contributed by atoms with van der Waals surface area (Å²) in [5.74, 6) is 0.903. The van der Waals surface area contributed by atoms with Crippen LogP contribution in [-0.2, 0) is 4.74 Å². The lowest BCUT2D eigenvalue weighted by molar-refractivity contribution is 0.0300. The normalized spacial score (nSPS) is 21.8. The van der Waals surface area contributed by atoms with Crippen LogP contribution < -0.4 is 11.1 Å². The SMILES string of the molecule is CC(C)(C)OC(=O)N1C=C(C2CCNCC2)C=C(c2ncccn2)C1N. The average Bonchev–Trinajstić information content (AvgIpc) is 2.62. The van der Waals surface area contributed by atoms with Gasteiger partial charge in [-0.1, -0.05) is 0 Å². The van der Waals surface area contributed by atoms with E-state index in [9.17, 15) is 4.79 Å². The molecule has 7 heteroatoms. The number of hydrogen-bond acceptors (Lipinski definition) is 6. The molecule has 0 radical (unpaired) electrons. The number of nitrogens with one attached hydrogen (secondary N) is 1. The van der Waals surface area contributed by atoms with Crippen molar-refractivity contribution in [3.63, 3.8) is 0 Å². The van der Waals surface area contributed by atoms with Crippen LogP contribution in [0.5, 0.6) is 0 Å². The molecule has 0 spiro atoms. The first kappa shape index (κ1) is 18.5. The van der Waals surface area contributed by atoms with Crippen LogP contribution in [0.4, 0.5) is 4.79 Å². The molecule has 7 nitrogen and oxygen atoms in total. The van der Waals surface area contributed by atoms with Gasteiger partial charge in [0, 0.05) is 24.2 Å². The second-order valence-corrected chi connectivity index (χ2v) is 7.66. The van der Waals surface area contributed by atoms with Crippen molar-refractivity contribution in [1.29, 1.82) is 0 Å². The van der Waals surface area contributed by atoms with Gasteiger partial charge >= 0.3 is 6.09 Å². The molecule has 1 aromatic rings. The Morgan fingerprint density at radius 3 is 2.54 bits per heavy atom. The highest BCUT2D eigenvalue weighted by molar-refractivity contribution is 5.78. The fourth-order valence-corrected chi connectivity index (χ4v) is 3.20. The zero-order chi connectivity index (χ0) is 18.7. The molecule has 1 saturated heterocycles. The number of nitrogens with two attached hydrogens (primary N) is 1. The van der Waals surface area contributed by atoms with Crippen molar-refractivity contribution in [2.24, 2.45) is 11.7 Å². The zero-order valence-electron chi connectivity index (χ0n) is 15.6. The lowest BCUT2D eigenvalue weighted by Gasteiger charge is -2.35. The Hall–Kier alpha value is -2.25. The maximum atomic E-state index is 12.7. The van der Waals surface area contributed by atoms with Crippen molar-refractivity contribution < 1.29 is 9.53 Å². The predicted octanol–water partition coefficient (Wildman–Crippen LogP) is 2.28. The highest BCUT2D eigenvalue weighted by atomic mass is 16.6. The molecule has 3 rings (SSSR count). The van der Waals surface area contributed by atoms with E-state index in [1.165, 1.54) is 4.90 Å². The van der Waals surface area contributed by atoms with Gasteiger partial charge in [0.1, 0.15) is 11.8 Å². The minimum atomic E-state index is -0.683. The minimum Gasteiger partial charge on any atom is -0.443 e. The summed E-state index contributed by atoms with van der Waals surface area (Å²) in [7, 11) is 0. The van der Waals surface area contributed by atoms with Crippen LogP contribution in [0.2, 0.25) is 0 Å². The van der Waals surface area contributed by atoms with E-state index in [1.807, 2.05) is 33.0 Å². The number of amides is 1. The van der Waals surface area contributed by atoms with Crippen molar-refractivity contribution in [2.45, 2.75) is 45.4 Å². The third kappa shape index (κ3) is 4.28. The minimum absolute atomic E-state index is 0.368. The maximum Gasteiger partial charge on any atom is 0.415 e. The first-order valence-corrected chi connectivity index (χ1v) is 9.03. The van der Waals surface area contributed by atoms with Gasteiger partial charge in [0.15, 0.2) is 5.82 Å². The molecule has 0 saturated carbocycles. The molecule has 0 aromatic carbocycles. The quantitative estimate of drug-likeness (QED) is 0.843. The molecular formula is C19H27N5O2. The van der Waals surface area contributed by atoms with Gasteiger partial charge in [-0.3, -0.25) is 4.90 Å². The van der Waals surface area contributed by atoms with E-state index in [1.54, 1.807) is 18.5 Å². The van der Waals surface area contributed by atoms with E-state index in [-0.39, 0.29) is 0 Å². The van der Waals surface area contributed by atoms with Crippen molar-refractivity contribution in [3.8, 4) is 0 Å². The van der Waals surface area contributed by atoms with Crippen molar-refractivity contribution >= 4 is 11.7 Å². The van der Waals surface area contributed by atoms with Crippen LogP contribution in [0, 0.1) is 5.92 Å². The van der Waals surface area contributed by atoms with E-state index >= 15 is 0 Å². The Morgan fingerprint density at radius 1 is 1.27 bits per heavy atom. The van der Waals surface area contributed by atoms with Gasteiger partial charge in [0.2, 0.25) is 0 Å². The molecule has 3 N–H and O–H groups in total. The molecule has 1 aromatic heterocycles. The van der Waals surface area contributed by atoms with Crippen LogP contribution in [-0.4, -0.2) is 45.8 Å². The monoisotopic (exact) mass is 357 g/mol. The first-order chi connectivity index (χ1) is 12.3. The zero-order valence-corrected chi connectivity index (χ0v) is 15.6. The van der Waals surface area contributed by atoms with E-state index in [4.69, 9.17) is 10.5 Å². The van der Waals surface area contributed by atoms with Crippen molar-refractivity contribution in [3.05, 3.63) is 42.1 Å². The Labute approximate surface area is 154 Å². The molecule has 0 bridgehead atoms. The van der Waals surface area contributed by atoms with E-state index < -0.39 is 17.9 Å². The summed E-state index contributed by atoms with van der Waals surface area (Å²) in [6.45, 7) is 7.45. The van der Waals surface area contributed by atoms with E-state index in [0.29, 0.717) is 11.7 Å². The molecular weight excluding hydrogens is 330 g/mol. The highest BCUT2D eigenvalue weighted by Gasteiger charge is 2.33. The molecule has 1 amide bonds. The summed E-state index contributed by atoms with van der Waals surface area (Å²) in [6, 6.07) is 1.76. The summed E-state index contributed by atoms with van der Waals surface area (Å²) in [5, 5.41) is 3.37. The number of piperidine rings is 1. The summed E-state index contributed by atoms with van der Waals surface area (Å²) >= 11 is 0. The third-order valence-corrected chi connectivity index (χ3v) is 4.47. The van der Waals surface area contributed by atoms with Gasteiger partial charge in [0.25, 0.3) is 0 Å². The maximum absolute atomic E-state index is 12.7. The summed E-state index contributed by atoms with van der Waals surface area (Å²) in [6.07, 6.45) is 8.12. The summed E-state index contributed by atoms with van der Waals surface area (Å²) in [5.41, 5.74) is 7.59. The molecule has 1 unspecified atom stereocenters. The summed E-state index contributed by atoms with van der Waals surface area (Å²) < 4.78 is 5.55. The number of allylic oxidation sites excluding steroid dienone is 2. The number of rotatable bonds is 2. The van der Waals surface area contributed by atoms with Gasteiger partial charge < -0.3 is 15.8 Å². The van der Waals surface area contributed by atoms with Gasteiger partial charge in [0.05, 0.1) is 0 Å². The molecule has 26 heavy (non-hydrogen) atoms. The first-order valence-electron chi connectivity index (χ1n) is 9.03. The van der Waals surface area contributed by atoms with Gasteiger partial charge in [-0.25, -0.2) is 14.8 Å². The van der Waals surface area contributed by atoms with Gasteiger partial charge in [-0.15, -0.1) is 0 Å². The van der Waals surface area contributed by atoms with E-state index in [0.717, 1.165) is 37.1 Å². The van der Waals surface area contributed by atoms with Crippen LogP contribution >= 0.6 is 0 Å². The smallest absolute Gasteiger partial charge is 0.415 e. The largest absolute Gasteiger partial charge is 0.443 e. The molecule has 140 valence electrons. The van der Waals surface area contributed by atoms with Gasteiger partial charge in [-0.05, 0) is 70.3 Å². The number of carbonyl (C=O) groups is 1. The number of ether oxygens (including phenoxy) is 1. The topological polar surface area (TPSA) is 93.4 Å². The van der Waals surface area contributed by atoms with Crippen LogP contribution in [0.3, 0.4) is 0 Å².